The quantitative estimate of drug-likeness (QED) is 0.728. The Morgan fingerprint density at radius 2 is 2.19 bits per heavy atom. The molecule has 134 valence electrons. The predicted molar refractivity (Wildman–Crippen MR) is 97.4 cm³/mol. The zero-order valence-electron chi connectivity index (χ0n) is 14.9. The van der Waals surface area contributed by atoms with E-state index in [0.29, 0.717) is 30.1 Å². The molecular formula is C20H21FN4O. The standard InChI is InChI=1S/C20H21FN4O/c1-13-5-6-15(11-16(13)21)20(26)25-9-7-14(12-25)10-18-23-17-4-3-8-22-19(17)24(18)2/h3-6,8,11,14H,7,9-10,12H2,1-2H3/t14-/m0/s1. The highest BCUT2D eigenvalue weighted by Crippen LogP contribution is 2.24. The maximum atomic E-state index is 13.7. The molecule has 0 unspecified atom stereocenters. The Hall–Kier alpha value is -2.76. The summed E-state index contributed by atoms with van der Waals surface area (Å²) >= 11 is 0. The summed E-state index contributed by atoms with van der Waals surface area (Å²) in [7, 11) is 1.98. The second-order valence-electron chi connectivity index (χ2n) is 7.01. The van der Waals surface area contributed by atoms with E-state index in [2.05, 4.69) is 9.97 Å². The molecule has 0 spiro atoms. The summed E-state index contributed by atoms with van der Waals surface area (Å²) < 4.78 is 15.8. The number of likely N-dealkylation sites (tertiary alicyclic amines) is 1. The van der Waals surface area contributed by atoms with Crippen LogP contribution in [0, 0.1) is 18.7 Å². The number of benzene rings is 1. The minimum Gasteiger partial charge on any atom is -0.338 e. The highest BCUT2D eigenvalue weighted by atomic mass is 19.1. The molecule has 26 heavy (non-hydrogen) atoms. The number of halogens is 1. The predicted octanol–water partition coefficient (Wildman–Crippen LogP) is 3.12. The summed E-state index contributed by atoms with van der Waals surface area (Å²) in [6.07, 6.45) is 3.50. The Labute approximate surface area is 151 Å². The lowest BCUT2D eigenvalue weighted by Crippen LogP contribution is -2.29. The van der Waals surface area contributed by atoms with Gasteiger partial charge in [0.25, 0.3) is 5.91 Å². The van der Waals surface area contributed by atoms with Gasteiger partial charge in [0.15, 0.2) is 5.65 Å². The molecule has 0 saturated carbocycles. The lowest BCUT2D eigenvalue weighted by molar-refractivity contribution is 0.0786. The number of carbonyl (C=O) groups is 1. The highest BCUT2D eigenvalue weighted by Gasteiger charge is 2.28. The fourth-order valence-electron chi connectivity index (χ4n) is 3.60. The van der Waals surface area contributed by atoms with Crippen molar-refractivity contribution in [3.05, 3.63) is 59.3 Å². The number of imidazole rings is 1. The fraction of sp³-hybridized carbons (Fsp3) is 0.350. The maximum Gasteiger partial charge on any atom is 0.253 e. The number of carbonyl (C=O) groups excluding carboxylic acids is 1. The third-order valence-corrected chi connectivity index (χ3v) is 5.18. The van der Waals surface area contributed by atoms with Gasteiger partial charge in [-0.1, -0.05) is 6.07 Å². The van der Waals surface area contributed by atoms with E-state index in [0.717, 1.165) is 29.8 Å². The molecule has 4 rings (SSSR count). The smallest absolute Gasteiger partial charge is 0.253 e. The van der Waals surface area contributed by atoms with Crippen LogP contribution in [0.1, 0.15) is 28.2 Å². The summed E-state index contributed by atoms with van der Waals surface area (Å²) in [5.41, 5.74) is 2.74. The van der Waals surface area contributed by atoms with Gasteiger partial charge in [-0.2, -0.15) is 0 Å². The first-order chi connectivity index (χ1) is 12.5. The van der Waals surface area contributed by atoms with Crippen LogP contribution >= 0.6 is 0 Å². The molecule has 1 fully saturated rings. The van der Waals surface area contributed by atoms with Gasteiger partial charge in [0.05, 0.1) is 0 Å². The van der Waals surface area contributed by atoms with Crippen LogP contribution in [0.2, 0.25) is 0 Å². The zero-order chi connectivity index (χ0) is 18.3. The minimum absolute atomic E-state index is 0.0990. The topological polar surface area (TPSA) is 51.0 Å². The molecule has 1 aromatic carbocycles. The molecule has 1 saturated heterocycles. The summed E-state index contributed by atoms with van der Waals surface area (Å²) in [4.78, 5) is 23.5. The number of pyridine rings is 1. The van der Waals surface area contributed by atoms with Crippen LogP contribution in [0.5, 0.6) is 0 Å². The number of fused-ring (bicyclic) bond motifs is 1. The molecular weight excluding hydrogens is 331 g/mol. The molecule has 1 atom stereocenters. The number of hydrogen-bond acceptors (Lipinski definition) is 3. The van der Waals surface area contributed by atoms with Crippen LogP contribution in [-0.4, -0.2) is 38.4 Å². The molecule has 0 bridgehead atoms. The first kappa shape index (κ1) is 16.7. The third-order valence-electron chi connectivity index (χ3n) is 5.18. The van der Waals surface area contributed by atoms with Gasteiger partial charge in [0, 0.05) is 38.3 Å². The van der Waals surface area contributed by atoms with Gasteiger partial charge in [-0.15, -0.1) is 0 Å². The van der Waals surface area contributed by atoms with Crippen molar-refractivity contribution in [1.29, 1.82) is 0 Å². The molecule has 1 aliphatic heterocycles. The minimum atomic E-state index is -0.334. The Kier molecular flexibility index (Phi) is 4.18. The van der Waals surface area contributed by atoms with Gasteiger partial charge in [-0.25, -0.2) is 14.4 Å². The number of aromatic nitrogens is 3. The van der Waals surface area contributed by atoms with E-state index in [1.54, 1.807) is 25.3 Å². The van der Waals surface area contributed by atoms with Gasteiger partial charge < -0.3 is 9.47 Å². The van der Waals surface area contributed by atoms with Crippen molar-refractivity contribution in [3.63, 3.8) is 0 Å². The van der Waals surface area contributed by atoms with Crippen molar-refractivity contribution < 1.29 is 9.18 Å². The van der Waals surface area contributed by atoms with Crippen molar-refractivity contribution in [1.82, 2.24) is 19.4 Å². The average molecular weight is 352 g/mol. The molecule has 1 amide bonds. The second kappa shape index (κ2) is 6.52. The van der Waals surface area contributed by atoms with Crippen LogP contribution in [0.25, 0.3) is 11.2 Å². The number of amides is 1. The van der Waals surface area contributed by atoms with Crippen molar-refractivity contribution in [2.45, 2.75) is 19.8 Å². The molecule has 1 aliphatic rings. The average Bonchev–Trinajstić information content (AvgIpc) is 3.23. The molecule has 0 aliphatic carbocycles. The van der Waals surface area contributed by atoms with Gasteiger partial charge in [-0.3, -0.25) is 4.79 Å². The van der Waals surface area contributed by atoms with Gasteiger partial charge in [0.1, 0.15) is 17.2 Å². The van der Waals surface area contributed by atoms with Crippen LogP contribution in [0.15, 0.2) is 36.5 Å². The summed E-state index contributed by atoms with van der Waals surface area (Å²) in [5, 5.41) is 0. The Bertz CT molecular complexity index is 981. The summed E-state index contributed by atoms with van der Waals surface area (Å²) in [6.45, 7) is 3.06. The van der Waals surface area contributed by atoms with E-state index in [1.807, 2.05) is 28.6 Å². The molecule has 5 nitrogen and oxygen atoms in total. The van der Waals surface area contributed by atoms with Crippen LogP contribution in [0.3, 0.4) is 0 Å². The Morgan fingerprint density at radius 3 is 2.96 bits per heavy atom. The summed E-state index contributed by atoms with van der Waals surface area (Å²) in [6, 6.07) is 8.54. The van der Waals surface area contributed by atoms with Crippen molar-refractivity contribution in [2.24, 2.45) is 13.0 Å². The first-order valence-corrected chi connectivity index (χ1v) is 8.84. The van der Waals surface area contributed by atoms with E-state index < -0.39 is 0 Å². The molecule has 2 aromatic heterocycles. The zero-order valence-corrected chi connectivity index (χ0v) is 14.9. The van der Waals surface area contributed by atoms with E-state index >= 15 is 0 Å². The maximum absolute atomic E-state index is 13.7. The Balaban J connectivity index is 1.47. The molecule has 0 radical (unpaired) electrons. The van der Waals surface area contributed by atoms with E-state index in [4.69, 9.17) is 0 Å². The highest BCUT2D eigenvalue weighted by molar-refractivity contribution is 5.94. The molecule has 3 aromatic rings. The van der Waals surface area contributed by atoms with Crippen molar-refractivity contribution >= 4 is 17.1 Å². The second-order valence-corrected chi connectivity index (χ2v) is 7.01. The number of hydrogen-bond donors (Lipinski definition) is 0. The van der Waals surface area contributed by atoms with Crippen molar-refractivity contribution in [3.8, 4) is 0 Å². The normalized spacial score (nSPS) is 17.2. The van der Waals surface area contributed by atoms with Crippen LogP contribution in [0.4, 0.5) is 4.39 Å². The van der Waals surface area contributed by atoms with Gasteiger partial charge in [-0.05, 0) is 49.1 Å². The van der Waals surface area contributed by atoms with E-state index in [-0.39, 0.29) is 11.7 Å². The van der Waals surface area contributed by atoms with Crippen molar-refractivity contribution in [2.75, 3.05) is 13.1 Å². The fourth-order valence-corrected chi connectivity index (χ4v) is 3.60. The number of nitrogens with zero attached hydrogens (tertiary/aromatic N) is 4. The lowest BCUT2D eigenvalue weighted by atomic mass is 10.0. The van der Waals surface area contributed by atoms with E-state index in [9.17, 15) is 9.18 Å². The lowest BCUT2D eigenvalue weighted by Gasteiger charge is -2.17. The largest absolute Gasteiger partial charge is 0.338 e. The third kappa shape index (κ3) is 2.96. The van der Waals surface area contributed by atoms with Gasteiger partial charge >= 0.3 is 0 Å². The number of aryl methyl sites for hydroxylation is 2. The molecule has 3 heterocycles. The monoisotopic (exact) mass is 352 g/mol. The molecule has 0 N–H and O–H groups in total. The summed E-state index contributed by atoms with van der Waals surface area (Å²) in [5.74, 6) is 0.904. The first-order valence-electron chi connectivity index (χ1n) is 8.84. The van der Waals surface area contributed by atoms with Crippen LogP contribution in [-0.2, 0) is 13.5 Å². The van der Waals surface area contributed by atoms with E-state index in [1.165, 1.54) is 6.07 Å². The Morgan fingerprint density at radius 1 is 1.35 bits per heavy atom. The van der Waals surface area contributed by atoms with Gasteiger partial charge in [0.2, 0.25) is 0 Å². The van der Waals surface area contributed by atoms with Crippen LogP contribution < -0.4 is 0 Å². The molecule has 6 heteroatoms. The SMILES string of the molecule is Cc1ccc(C(=O)N2CC[C@@H](Cc3nc4cccnc4n3C)C2)cc1F. The number of rotatable bonds is 3.